The zero-order chi connectivity index (χ0) is 18.0. The third kappa shape index (κ3) is 3.15. The number of allylic oxidation sites excluding steroid dienone is 1. The molecule has 128 valence electrons. The smallest absolute Gasteiger partial charge is 0.205 e. The molecule has 2 aromatic carbocycles. The van der Waals surface area contributed by atoms with Gasteiger partial charge >= 0.3 is 0 Å². The van der Waals surface area contributed by atoms with Gasteiger partial charge in [0.2, 0.25) is 0 Å². The average molecular weight is 328 g/mol. The molecule has 0 fully saturated rings. The maximum atomic E-state index is 15.2. The topological polar surface area (TPSA) is 0 Å². The van der Waals surface area contributed by atoms with Crippen molar-refractivity contribution < 1.29 is 8.78 Å². The minimum atomic E-state index is -2.87. The molecule has 0 bridgehead atoms. The van der Waals surface area contributed by atoms with E-state index in [0.29, 0.717) is 5.56 Å². The van der Waals surface area contributed by atoms with Crippen molar-refractivity contribution in [2.45, 2.75) is 45.5 Å². The van der Waals surface area contributed by atoms with Gasteiger partial charge in [-0.05, 0) is 30.0 Å². The van der Waals surface area contributed by atoms with E-state index in [-0.39, 0.29) is 6.42 Å². The molecule has 1 atom stereocenters. The molecular formula is C22H26F2. The van der Waals surface area contributed by atoms with E-state index in [4.69, 9.17) is 0 Å². The van der Waals surface area contributed by atoms with Gasteiger partial charge in [0.1, 0.15) is 0 Å². The first kappa shape index (κ1) is 18.4. The molecule has 0 aliphatic heterocycles. The normalized spacial score (nSPS) is 14.9. The number of hydrogen-bond acceptors (Lipinski definition) is 0. The van der Waals surface area contributed by atoms with Crippen molar-refractivity contribution in [3.8, 4) is 11.1 Å². The van der Waals surface area contributed by atoms with Gasteiger partial charge in [0, 0.05) is 5.41 Å². The average Bonchev–Trinajstić information content (AvgIpc) is 2.55. The van der Waals surface area contributed by atoms with Crippen LogP contribution in [0.15, 0.2) is 67.3 Å². The fourth-order valence-corrected chi connectivity index (χ4v) is 3.20. The van der Waals surface area contributed by atoms with Crippen LogP contribution >= 0.6 is 0 Å². The molecule has 0 radical (unpaired) electrons. The monoisotopic (exact) mass is 328 g/mol. The van der Waals surface area contributed by atoms with Gasteiger partial charge in [-0.3, -0.25) is 0 Å². The van der Waals surface area contributed by atoms with Gasteiger partial charge in [-0.2, -0.15) is 0 Å². The molecule has 2 rings (SSSR count). The lowest BCUT2D eigenvalue weighted by molar-refractivity contribution is -0.153. The second-order valence-corrected chi connectivity index (χ2v) is 7.59. The van der Waals surface area contributed by atoms with Gasteiger partial charge in [0.15, 0.2) is 0 Å². The lowest BCUT2D eigenvalue weighted by Crippen LogP contribution is -2.51. The molecule has 0 saturated carbocycles. The van der Waals surface area contributed by atoms with Crippen LogP contribution in [0.4, 0.5) is 8.78 Å². The highest BCUT2D eigenvalue weighted by atomic mass is 19.3. The number of halogens is 2. The molecular weight excluding hydrogens is 302 g/mol. The van der Waals surface area contributed by atoms with E-state index in [9.17, 15) is 0 Å². The van der Waals surface area contributed by atoms with Crippen molar-refractivity contribution in [3.63, 3.8) is 0 Å². The number of alkyl halides is 2. The van der Waals surface area contributed by atoms with E-state index in [0.717, 1.165) is 11.1 Å². The van der Waals surface area contributed by atoms with Crippen molar-refractivity contribution >= 4 is 0 Å². The Labute approximate surface area is 144 Å². The number of benzene rings is 2. The van der Waals surface area contributed by atoms with Gasteiger partial charge in [-0.15, -0.1) is 6.58 Å². The van der Waals surface area contributed by atoms with E-state index in [1.807, 2.05) is 54.6 Å². The summed E-state index contributed by atoms with van der Waals surface area (Å²) in [6.07, 6.45) is 1.81. The Balaban J connectivity index is 2.48. The molecule has 0 heterocycles. The van der Waals surface area contributed by atoms with Gasteiger partial charge in [0.25, 0.3) is 5.92 Å². The predicted molar refractivity (Wildman–Crippen MR) is 98.4 cm³/mol. The summed E-state index contributed by atoms with van der Waals surface area (Å²) in [5, 5.41) is 0. The molecule has 2 aromatic rings. The Morgan fingerprint density at radius 3 is 1.79 bits per heavy atom. The first-order chi connectivity index (χ1) is 11.1. The third-order valence-corrected chi connectivity index (χ3v) is 4.82. The summed E-state index contributed by atoms with van der Waals surface area (Å²) in [4.78, 5) is 0. The van der Waals surface area contributed by atoms with Crippen LogP contribution in [0.1, 0.15) is 39.7 Å². The molecule has 0 amide bonds. The molecule has 0 N–H and O–H groups in total. The zero-order valence-electron chi connectivity index (χ0n) is 14.9. The zero-order valence-corrected chi connectivity index (χ0v) is 14.9. The molecule has 0 aromatic heterocycles. The fraction of sp³-hybridized carbons (Fsp3) is 0.364. The highest BCUT2D eigenvalue weighted by Crippen LogP contribution is 2.52. The molecule has 0 spiro atoms. The van der Waals surface area contributed by atoms with Gasteiger partial charge < -0.3 is 0 Å². The van der Waals surface area contributed by atoms with E-state index < -0.39 is 16.8 Å². The second kappa shape index (κ2) is 6.51. The van der Waals surface area contributed by atoms with Crippen LogP contribution in [0.2, 0.25) is 0 Å². The quantitative estimate of drug-likeness (QED) is 0.525. The first-order valence-electron chi connectivity index (χ1n) is 8.28. The van der Waals surface area contributed by atoms with Gasteiger partial charge in [0.05, 0.1) is 5.41 Å². The molecule has 0 aliphatic carbocycles. The van der Waals surface area contributed by atoms with Gasteiger partial charge in [-0.1, -0.05) is 81.4 Å². The van der Waals surface area contributed by atoms with Crippen LogP contribution in [0.3, 0.4) is 0 Å². The van der Waals surface area contributed by atoms with Crippen LogP contribution < -0.4 is 0 Å². The summed E-state index contributed by atoms with van der Waals surface area (Å²) in [5.41, 5.74) is 0.323. The Kier molecular flexibility index (Phi) is 4.98. The van der Waals surface area contributed by atoms with E-state index in [1.54, 1.807) is 33.8 Å². The SMILES string of the molecule is C=CCC(C)(c1ccc(-c2ccccc2)cc1)C(F)(F)C(C)(C)C. The second-order valence-electron chi connectivity index (χ2n) is 7.59. The minimum absolute atomic E-state index is 0.224. The van der Waals surface area contributed by atoms with Crippen molar-refractivity contribution in [1.29, 1.82) is 0 Å². The standard InChI is InChI=1S/C22H26F2/c1-6-16-21(5,22(23,24)20(2,3)4)19-14-12-18(13-15-19)17-10-8-7-9-11-17/h6-15H,1,16H2,2-5H3. The van der Waals surface area contributed by atoms with Crippen LogP contribution in [0.5, 0.6) is 0 Å². The highest BCUT2D eigenvalue weighted by molar-refractivity contribution is 5.63. The Hall–Kier alpha value is -1.96. The maximum Gasteiger partial charge on any atom is 0.262 e. The maximum absolute atomic E-state index is 15.2. The molecule has 0 nitrogen and oxygen atoms in total. The van der Waals surface area contributed by atoms with Crippen LogP contribution in [-0.2, 0) is 5.41 Å². The van der Waals surface area contributed by atoms with Crippen LogP contribution in [0, 0.1) is 5.41 Å². The van der Waals surface area contributed by atoms with E-state index in [2.05, 4.69) is 6.58 Å². The van der Waals surface area contributed by atoms with Crippen molar-refractivity contribution in [2.24, 2.45) is 5.41 Å². The van der Waals surface area contributed by atoms with Crippen molar-refractivity contribution in [2.75, 3.05) is 0 Å². The molecule has 0 aliphatic rings. The Bertz CT molecular complexity index is 678. The minimum Gasteiger partial charge on any atom is -0.205 e. The summed E-state index contributed by atoms with van der Waals surface area (Å²) in [6, 6.07) is 17.4. The lowest BCUT2D eigenvalue weighted by atomic mass is 9.65. The van der Waals surface area contributed by atoms with Crippen LogP contribution in [0.25, 0.3) is 11.1 Å². The molecule has 0 saturated heterocycles. The van der Waals surface area contributed by atoms with Crippen molar-refractivity contribution in [3.05, 3.63) is 72.8 Å². The summed E-state index contributed by atoms with van der Waals surface area (Å²) in [6.45, 7) is 10.1. The molecule has 2 heteroatoms. The molecule has 1 unspecified atom stereocenters. The first-order valence-corrected chi connectivity index (χ1v) is 8.28. The highest BCUT2D eigenvalue weighted by Gasteiger charge is 2.57. The fourth-order valence-electron chi connectivity index (χ4n) is 3.20. The predicted octanol–water partition coefficient (Wildman–Crippen LogP) is 6.87. The summed E-state index contributed by atoms with van der Waals surface area (Å²) >= 11 is 0. The van der Waals surface area contributed by atoms with Crippen LogP contribution in [-0.4, -0.2) is 5.92 Å². The third-order valence-electron chi connectivity index (χ3n) is 4.82. The summed E-state index contributed by atoms with van der Waals surface area (Å²) in [7, 11) is 0. The largest absolute Gasteiger partial charge is 0.262 e. The summed E-state index contributed by atoms with van der Waals surface area (Å²) in [5.74, 6) is -2.87. The lowest BCUT2D eigenvalue weighted by Gasteiger charge is -2.44. The van der Waals surface area contributed by atoms with E-state index >= 15 is 8.78 Å². The summed E-state index contributed by atoms with van der Waals surface area (Å²) < 4.78 is 30.5. The van der Waals surface area contributed by atoms with Crippen molar-refractivity contribution in [1.82, 2.24) is 0 Å². The molecule has 24 heavy (non-hydrogen) atoms. The van der Waals surface area contributed by atoms with Gasteiger partial charge in [-0.25, -0.2) is 8.78 Å². The number of hydrogen-bond donors (Lipinski definition) is 0. The Morgan fingerprint density at radius 2 is 1.33 bits per heavy atom. The number of rotatable bonds is 5. The van der Waals surface area contributed by atoms with E-state index in [1.165, 1.54) is 0 Å². The Morgan fingerprint density at radius 1 is 0.833 bits per heavy atom.